The molecule has 0 aromatic heterocycles. The van der Waals surface area contributed by atoms with E-state index in [-0.39, 0.29) is 18.6 Å². The molecule has 0 saturated heterocycles. The molecular weight excluding hydrogens is 200 g/mol. The molecular formula is C10H22O5. The van der Waals surface area contributed by atoms with Crippen molar-refractivity contribution in [3.63, 3.8) is 0 Å². The van der Waals surface area contributed by atoms with E-state index >= 15 is 0 Å². The summed E-state index contributed by atoms with van der Waals surface area (Å²) in [5, 5.41) is 7.00. The van der Waals surface area contributed by atoms with Crippen LogP contribution < -0.4 is 0 Å². The number of aliphatic hydroxyl groups excluding tert-OH is 2. The first kappa shape index (κ1) is 10.6. The van der Waals surface area contributed by atoms with E-state index in [1.54, 1.807) is 0 Å². The van der Waals surface area contributed by atoms with E-state index in [1.807, 2.05) is 6.92 Å². The summed E-state index contributed by atoms with van der Waals surface area (Å²) >= 11 is 0. The van der Waals surface area contributed by atoms with Gasteiger partial charge in [0.05, 0.1) is 16.2 Å². The lowest BCUT2D eigenvalue weighted by Crippen LogP contribution is -2.04. The van der Waals surface area contributed by atoms with Crippen molar-refractivity contribution in [1.82, 2.24) is 0 Å². The topological polar surface area (TPSA) is 83.8 Å². The molecule has 0 aliphatic carbocycles. The zero-order valence-corrected chi connectivity index (χ0v) is 9.45. The summed E-state index contributed by atoms with van der Waals surface area (Å²) in [6, 6.07) is 0. The molecule has 0 aliphatic heterocycles. The molecule has 0 aliphatic rings. The highest BCUT2D eigenvalue weighted by Gasteiger charge is 2.04. The summed E-state index contributed by atoms with van der Waals surface area (Å²) in [6.45, 7) is 1.89. The van der Waals surface area contributed by atoms with Crippen molar-refractivity contribution in [3.05, 3.63) is 0 Å². The van der Waals surface area contributed by atoms with E-state index in [1.165, 1.54) is 14.2 Å². The number of Topliss-reactive ketones (excluding diaryl/α,β-unsaturated/α-hetero) is 1. The number of carbonyl (C=O) groups is 2. The molecule has 0 radical (unpaired) electrons. The zero-order chi connectivity index (χ0) is 15.7. The number of carbonyl (C=O) groups excluding carboxylic acids is 2. The summed E-state index contributed by atoms with van der Waals surface area (Å²) < 4.78 is 28.9. The van der Waals surface area contributed by atoms with E-state index in [0.717, 1.165) is 6.42 Å². The summed E-state index contributed by atoms with van der Waals surface area (Å²) in [7, 11) is 0.994. The summed E-state index contributed by atoms with van der Waals surface area (Å²) in [5.74, 6) is -0.634. The molecule has 0 spiro atoms. The average Bonchev–Trinajstić information content (AvgIpc) is 2.28. The monoisotopic (exact) mass is 228 g/mol. The van der Waals surface area contributed by atoms with Gasteiger partial charge in [-0.2, -0.15) is 0 Å². The third-order valence-electron chi connectivity index (χ3n) is 1.27. The van der Waals surface area contributed by atoms with Crippen LogP contribution in [-0.4, -0.2) is 46.1 Å². The Morgan fingerprint density at radius 2 is 1.87 bits per heavy atom. The van der Waals surface area contributed by atoms with E-state index in [2.05, 4.69) is 15.0 Å². The molecule has 0 unspecified atom stereocenters. The molecule has 0 aromatic rings. The predicted molar refractivity (Wildman–Crippen MR) is 57.5 cm³/mol. The molecule has 0 bridgehead atoms. The molecule has 2 N–H and O–H groups in total. The predicted octanol–water partition coefficient (Wildman–Crippen LogP) is 0.526. The minimum Gasteiger partial charge on any atom is -0.469 e. The minimum atomic E-state index is -1.59. The first-order chi connectivity index (χ1) is 8.89. The number of methoxy groups -OCH3 is 1. The van der Waals surface area contributed by atoms with Gasteiger partial charge in [-0.3, -0.25) is 9.59 Å². The number of ketones is 1. The number of hydrogen-bond acceptors (Lipinski definition) is 5. The van der Waals surface area contributed by atoms with Crippen LogP contribution in [0.1, 0.15) is 35.3 Å². The van der Waals surface area contributed by atoms with Crippen molar-refractivity contribution < 1.29 is 27.3 Å². The molecule has 0 saturated carbocycles. The van der Waals surface area contributed by atoms with Crippen LogP contribution in [0.15, 0.2) is 0 Å². The van der Waals surface area contributed by atoms with Gasteiger partial charge in [0.15, 0.2) is 0 Å². The Morgan fingerprint density at radius 1 is 1.33 bits per heavy atom. The molecule has 15 heavy (non-hydrogen) atoms. The minimum absolute atomic E-state index is 0.0194. The fraction of sp³-hybridized carbons (Fsp3) is 0.800. The number of hydrogen-bond donors (Lipinski definition) is 2. The van der Waals surface area contributed by atoms with Crippen LogP contribution >= 0.6 is 0 Å². The maximum Gasteiger partial charge on any atom is 0.305 e. The van der Waals surface area contributed by atoms with Crippen LogP contribution in [0.25, 0.3) is 0 Å². The van der Waals surface area contributed by atoms with Gasteiger partial charge in [-0.15, -0.1) is 0 Å². The third kappa shape index (κ3) is 19.5. The second-order valence-electron chi connectivity index (χ2n) is 2.28. The SMILES string of the molecule is [2H]C([2H])OC(=O)CCC(=O)CCC.[3H]OC.[3H]OC. The van der Waals surface area contributed by atoms with Gasteiger partial charge in [0.25, 0.3) is 0 Å². The highest BCUT2D eigenvalue weighted by molar-refractivity contribution is 5.82. The summed E-state index contributed by atoms with van der Waals surface area (Å²) in [6.07, 6.45) is 1.37. The van der Waals surface area contributed by atoms with Gasteiger partial charge in [0.1, 0.15) is 5.78 Å². The van der Waals surface area contributed by atoms with Crippen molar-refractivity contribution in [2.24, 2.45) is 0 Å². The Bertz CT molecular complexity index is 212. The molecule has 0 rings (SSSR count). The molecule has 0 aromatic carbocycles. The Labute approximate surface area is 96.9 Å². The smallest absolute Gasteiger partial charge is 0.305 e. The number of aliphatic hydroxyl groups is 2. The van der Waals surface area contributed by atoms with E-state index in [4.69, 9.17) is 5.60 Å². The highest BCUT2D eigenvalue weighted by atomic mass is 16.5. The number of ether oxygens (including phenoxy) is 1. The van der Waals surface area contributed by atoms with Gasteiger partial charge in [-0.05, 0) is 6.42 Å². The van der Waals surface area contributed by atoms with E-state index in [0.29, 0.717) is 6.42 Å². The second kappa shape index (κ2) is 18.8. The maximum absolute atomic E-state index is 10.9. The van der Waals surface area contributed by atoms with Crippen molar-refractivity contribution in [2.45, 2.75) is 32.6 Å². The molecule has 5 nitrogen and oxygen atoms in total. The van der Waals surface area contributed by atoms with Crippen LogP contribution in [-0.2, 0) is 14.3 Å². The second-order valence-corrected chi connectivity index (χ2v) is 2.28. The Morgan fingerprint density at radius 3 is 2.27 bits per heavy atom. The maximum atomic E-state index is 10.9. The Hall–Kier alpha value is -0.940. The number of rotatable bonds is 5. The Kier molecular flexibility index (Phi) is 13.2. The molecule has 0 atom stereocenters. The summed E-state index contributed by atoms with van der Waals surface area (Å²) in [5.41, 5.74) is 0. The lowest BCUT2D eigenvalue weighted by atomic mass is 10.1. The molecule has 0 amide bonds. The lowest BCUT2D eigenvalue weighted by molar-refractivity contribution is -0.141. The van der Waals surface area contributed by atoms with Crippen LogP contribution in [0.5, 0.6) is 0 Å². The quantitative estimate of drug-likeness (QED) is 0.670. The molecule has 0 fully saturated rings. The van der Waals surface area contributed by atoms with E-state index < -0.39 is 13.0 Å². The summed E-state index contributed by atoms with van der Waals surface area (Å²) in [4.78, 5) is 21.7. The first-order valence-corrected chi connectivity index (χ1v) is 4.43. The van der Waals surface area contributed by atoms with Crippen molar-refractivity contribution in [1.29, 1.82) is 2.86 Å². The molecule has 92 valence electrons. The van der Waals surface area contributed by atoms with Gasteiger partial charge in [-0.1, -0.05) is 6.92 Å². The molecule has 5 heteroatoms. The fourth-order valence-electron chi connectivity index (χ4n) is 0.704. The number of esters is 1. The zero-order valence-electron chi connectivity index (χ0n) is 13.4. The van der Waals surface area contributed by atoms with Gasteiger partial charge >= 0.3 is 5.97 Å². The fourth-order valence-corrected chi connectivity index (χ4v) is 0.704. The lowest BCUT2D eigenvalue weighted by Gasteiger charge is -1.97. The van der Waals surface area contributed by atoms with Crippen LogP contribution in [0.2, 0.25) is 0 Å². The van der Waals surface area contributed by atoms with Crippen LogP contribution in [0.3, 0.4) is 0 Å². The normalized spacial score (nSPS) is 11.5. The molecule has 0 heterocycles. The van der Waals surface area contributed by atoms with Gasteiger partial charge in [0.2, 0.25) is 2.86 Å². The van der Waals surface area contributed by atoms with Crippen LogP contribution in [0, 0.1) is 0 Å². The van der Waals surface area contributed by atoms with Gasteiger partial charge in [0, 0.05) is 27.1 Å². The Balaban J connectivity index is -0.000000360. The average molecular weight is 228 g/mol. The third-order valence-corrected chi connectivity index (χ3v) is 1.27. The van der Waals surface area contributed by atoms with Crippen LogP contribution in [0.4, 0.5) is 0 Å². The van der Waals surface area contributed by atoms with Gasteiger partial charge < -0.3 is 15.0 Å². The first-order valence-electron chi connectivity index (χ1n) is 6.40. The largest absolute Gasteiger partial charge is 0.469 e. The standard InChI is InChI=1S/C8H14O3.2CH4O/c1-3-4-7(9)5-6-8(10)11-2;2*1-2/h3-6H2,1-2H3;2*2H,1H3/i2D2;2*2T. The van der Waals surface area contributed by atoms with Crippen molar-refractivity contribution in [3.8, 4) is 0 Å². The van der Waals surface area contributed by atoms with Crippen molar-refractivity contribution >= 4 is 11.8 Å². The van der Waals surface area contributed by atoms with E-state index in [9.17, 15) is 9.59 Å². The van der Waals surface area contributed by atoms with Gasteiger partial charge in [-0.25, -0.2) is 0 Å². The highest BCUT2D eigenvalue weighted by Crippen LogP contribution is 1.98. The van der Waals surface area contributed by atoms with Crippen molar-refractivity contribution in [2.75, 3.05) is 21.3 Å².